The van der Waals surface area contributed by atoms with E-state index >= 15 is 0 Å². The topological polar surface area (TPSA) is 65.3 Å². The van der Waals surface area contributed by atoms with Gasteiger partial charge in [0.15, 0.2) is 5.76 Å². The smallest absolute Gasteiger partial charge is 0.282 e. The summed E-state index contributed by atoms with van der Waals surface area (Å²) in [5, 5.41) is 7.53. The number of nitrogens with zero attached hydrogens (tertiary/aromatic N) is 4. The van der Waals surface area contributed by atoms with Gasteiger partial charge in [-0.2, -0.15) is 9.78 Å². The molecule has 3 aromatic carbocycles. The number of hydrogen-bond donors (Lipinski definition) is 0. The molecule has 3 heterocycles. The van der Waals surface area contributed by atoms with Crippen molar-refractivity contribution >= 4 is 50.6 Å². The summed E-state index contributed by atoms with van der Waals surface area (Å²) in [5.41, 5.74) is 2.94. The Kier molecular flexibility index (Phi) is 4.41. The Morgan fingerprint density at radius 1 is 1.00 bits per heavy atom. The van der Waals surface area contributed by atoms with E-state index in [0.717, 1.165) is 21.9 Å². The number of furan rings is 1. The van der Waals surface area contributed by atoms with Gasteiger partial charge >= 0.3 is 0 Å². The van der Waals surface area contributed by atoms with E-state index in [-0.39, 0.29) is 5.56 Å². The van der Waals surface area contributed by atoms with Crippen LogP contribution in [-0.2, 0) is 7.05 Å². The first-order valence-electron chi connectivity index (χ1n) is 10.4. The maximum atomic E-state index is 13.4. The van der Waals surface area contributed by atoms with Gasteiger partial charge < -0.3 is 8.98 Å². The number of benzene rings is 3. The van der Waals surface area contributed by atoms with Crippen LogP contribution in [0.3, 0.4) is 0 Å². The van der Waals surface area contributed by atoms with Gasteiger partial charge in [0.1, 0.15) is 5.58 Å². The van der Waals surface area contributed by atoms with E-state index in [2.05, 4.69) is 5.10 Å². The zero-order valence-corrected chi connectivity index (χ0v) is 18.3. The van der Waals surface area contributed by atoms with Crippen LogP contribution >= 0.6 is 11.6 Å². The third-order valence-corrected chi connectivity index (χ3v) is 5.93. The summed E-state index contributed by atoms with van der Waals surface area (Å²) in [6.45, 7) is 0. The highest BCUT2D eigenvalue weighted by Crippen LogP contribution is 2.29. The fraction of sp³-hybridized carbons (Fsp3) is 0.0385. The summed E-state index contributed by atoms with van der Waals surface area (Å²) >= 11 is 6.14. The van der Waals surface area contributed by atoms with Gasteiger partial charge in [0, 0.05) is 40.1 Å². The van der Waals surface area contributed by atoms with Crippen molar-refractivity contribution < 1.29 is 4.42 Å². The first-order chi connectivity index (χ1) is 16.1. The Morgan fingerprint density at radius 3 is 2.67 bits per heavy atom. The molecule has 0 fully saturated rings. The van der Waals surface area contributed by atoms with Crippen LogP contribution in [0.4, 0.5) is 0 Å². The molecule has 6 rings (SSSR count). The van der Waals surface area contributed by atoms with Gasteiger partial charge in [0.2, 0.25) is 5.82 Å². The Hall–Kier alpha value is -4.16. The molecule has 33 heavy (non-hydrogen) atoms. The molecule has 160 valence electrons. The van der Waals surface area contributed by atoms with Crippen LogP contribution in [0.1, 0.15) is 5.56 Å². The number of para-hydroxylation sites is 2. The van der Waals surface area contributed by atoms with Gasteiger partial charge in [-0.25, -0.2) is 4.98 Å². The van der Waals surface area contributed by atoms with Crippen molar-refractivity contribution in [2.45, 2.75) is 0 Å². The molecule has 0 N–H and O–H groups in total. The minimum atomic E-state index is -0.273. The van der Waals surface area contributed by atoms with E-state index in [0.29, 0.717) is 33.1 Å². The van der Waals surface area contributed by atoms with Crippen LogP contribution in [0.5, 0.6) is 0 Å². The minimum Gasteiger partial charge on any atom is -0.453 e. The lowest BCUT2D eigenvalue weighted by molar-refractivity contribution is 0.616. The number of aryl methyl sites for hydroxylation is 1. The number of fused-ring (bicyclic) bond motifs is 3. The van der Waals surface area contributed by atoms with Crippen molar-refractivity contribution in [3.63, 3.8) is 0 Å². The molecule has 0 aliphatic heterocycles. The highest BCUT2D eigenvalue weighted by molar-refractivity contribution is 6.31. The summed E-state index contributed by atoms with van der Waals surface area (Å²) in [5.74, 6) is 0.757. The monoisotopic (exact) mass is 452 g/mol. The maximum absolute atomic E-state index is 13.4. The molecule has 6 aromatic rings. The van der Waals surface area contributed by atoms with Gasteiger partial charge in [-0.15, -0.1) is 0 Å². The molecule has 0 unspecified atom stereocenters. The zero-order valence-electron chi connectivity index (χ0n) is 17.6. The Balaban J connectivity index is 1.59. The summed E-state index contributed by atoms with van der Waals surface area (Å²) in [4.78, 5) is 18.1. The van der Waals surface area contributed by atoms with E-state index in [9.17, 15) is 4.79 Å². The van der Waals surface area contributed by atoms with Crippen molar-refractivity contribution in [1.29, 1.82) is 0 Å². The number of rotatable bonds is 3. The Morgan fingerprint density at radius 2 is 1.79 bits per heavy atom. The summed E-state index contributed by atoms with van der Waals surface area (Å²) in [6.07, 6.45) is 3.67. The summed E-state index contributed by atoms with van der Waals surface area (Å²) in [7, 11) is 1.98. The molecule has 0 bridgehead atoms. The third kappa shape index (κ3) is 3.23. The van der Waals surface area contributed by atoms with Gasteiger partial charge in [0.25, 0.3) is 5.56 Å². The average molecular weight is 453 g/mol. The second-order valence-electron chi connectivity index (χ2n) is 7.82. The summed E-state index contributed by atoms with van der Waals surface area (Å²) in [6, 6.07) is 22.4. The van der Waals surface area contributed by atoms with Crippen LogP contribution in [0, 0.1) is 0 Å². The second kappa shape index (κ2) is 7.46. The SMILES string of the molecule is Cn1cc(C=Nn2c(-c3cc4cc(Cl)ccc4o3)nc3ccccc3c2=O)c2ccccc21. The lowest BCUT2D eigenvalue weighted by atomic mass is 10.2. The van der Waals surface area contributed by atoms with Crippen LogP contribution in [-0.4, -0.2) is 20.4 Å². The van der Waals surface area contributed by atoms with Crippen molar-refractivity contribution in [1.82, 2.24) is 14.2 Å². The lowest BCUT2D eigenvalue weighted by Crippen LogP contribution is -2.20. The van der Waals surface area contributed by atoms with Gasteiger partial charge in [-0.05, 0) is 42.5 Å². The molecule has 0 aliphatic carbocycles. The van der Waals surface area contributed by atoms with E-state index < -0.39 is 0 Å². The predicted octanol–water partition coefficient (Wildman–Crippen LogP) is 5.84. The molecule has 0 saturated heterocycles. The quantitative estimate of drug-likeness (QED) is 0.317. The maximum Gasteiger partial charge on any atom is 0.282 e. The highest BCUT2D eigenvalue weighted by atomic mass is 35.5. The third-order valence-electron chi connectivity index (χ3n) is 5.69. The second-order valence-corrected chi connectivity index (χ2v) is 8.26. The fourth-order valence-corrected chi connectivity index (χ4v) is 4.29. The molecule has 0 spiro atoms. The molecule has 0 atom stereocenters. The van der Waals surface area contributed by atoms with Crippen molar-refractivity contribution in [3.8, 4) is 11.6 Å². The molecule has 3 aromatic heterocycles. The lowest BCUT2D eigenvalue weighted by Gasteiger charge is -2.07. The van der Waals surface area contributed by atoms with Crippen LogP contribution < -0.4 is 5.56 Å². The van der Waals surface area contributed by atoms with Gasteiger partial charge in [0.05, 0.1) is 17.1 Å². The van der Waals surface area contributed by atoms with Crippen LogP contribution in [0.25, 0.3) is 44.4 Å². The number of hydrogen-bond acceptors (Lipinski definition) is 4. The van der Waals surface area contributed by atoms with Crippen LogP contribution in [0.15, 0.2) is 93.3 Å². The standard InChI is InChI=1S/C26H17ClN4O2/c1-30-15-17(19-6-3-5-9-22(19)30)14-28-31-25(29-21-8-4-2-7-20(21)26(31)32)24-13-16-12-18(27)10-11-23(16)33-24/h2-15H,1H3. The predicted molar refractivity (Wildman–Crippen MR) is 132 cm³/mol. The largest absolute Gasteiger partial charge is 0.453 e. The number of aromatic nitrogens is 3. The van der Waals surface area contributed by atoms with Crippen molar-refractivity contribution in [2.24, 2.45) is 12.1 Å². The molecule has 0 radical (unpaired) electrons. The first kappa shape index (κ1) is 19.5. The minimum absolute atomic E-state index is 0.273. The molecule has 0 amide bonds. The van der Waals surface area contributed by atoms with E-state index in [1.165, 1.54) is 4.68 Å². The first-order valence-corrected chi connectivity index (χ1v) is 10.8. The van der Waals surface area contributed by atoms with E-state index in [4.69, 9.17) is 21.0 Å². The molecular weight excluding hydrogens is 436 g/mol. The van der Waals surface area contributed by atoms with Gasteiger partial charge in [-0.3, -0.25) is 4.79 Å². The molecule has 0 aliphatic rings. The van der Waals surface area contributed by atoms with E-state index in [1.54, 1.807) is 30.5 Å². The Labute approximate surface area is 193 Å². The molecule has 0 saturated carbocycles. The van der Waals surface area contributed by atoms with Crippen LogP contribution in [0.2, 0.25) is 5.02 Å². The normalized spacial score (nSPS) is 11.9. The summed E-state index contributed by atoms with van der Waals surface area (Å²) < 4.78 is 9.35. The Bertz CT molecular complexity index is 1770. The van der Waals surface area contributed by atoms with Crippen molar-refractivity contribution in [2.75, 3.05) is 0 Å². The average Bonchev–Trinajstić information content (AvgIpc) is 3.39. The molecule has 7 heteroatoms. The fourth-order valence-electron chi connectivity index (χ4n) is 4.11. The zero-order chi connectivity index (χ0) is 22.5. The molecule has 6 nitrogen and oxygen atoms in total. The highest BCUT2D eigenvalue weighted by Gasteiger charge is 2.17. The molecular formula is C26H17ClN4O2. The number of halogens is 1. The van der Waals surface area contributed by atoms with Crippen molar-refractivity contribution in [3.05, 3.63) is 99.9 Å². The van der Waals surface area contributed by atoms with E-state index in [1.807, 2.05) is 66.3 Å². The van der Waals surface area contributed by atoms with Gasteiger partial charge in [-0.1, -0.05) is 41.9 Å².